The quantitative estimate of drug-likeness (QED) is 0.554. The van der Waals surface area contributed by atoms with Crippen molar-refractivity contribution in [2.24, 2.45) is 5.73 Å². The molecule has 1 heterocycles. The third-order valence-corrected chi connectivity index (χ3v) is 2.42. The van der Waals surface area contributed by atoms with E-state index >= 15 is 0 Å². The lowest BCUT2D eigenvalue weighted by atomic mass is 10.0. The zero-order chi connectivity index (χ0) is 10.4. The molecule has 0 fully saturated rings. The Morgan fingerprint density at radius 1 is 1.64 bits per heavy atom. The van der Waals surface area contributed by atoms with Crippen LogP contribution in [0.1, 0.15) is 12.8 Å². The van der Waals surface area contributed by atoms with Crippen LogP contribution in [0.15, 0.2) is 24.0 Å². The minimum Gasteiger partial charge on any atom is -0.398 e. The van der Waals surface area contributed by atoms with Gasteiger partial charge in [0.15, 0.2) is 0 Å². The maximum atomic E-state index is 5.62. The van der Waals surface area contributed by atoms with Gasteiger partial charge in [-0.3, -0.25) is 5.32 Å². The van der Waals surface area contributed by atoms with Crippen LogP contribution in [0.5, 0.6) is 0 Å². The molecule has 1 rings (SSSR count). The van der Waals surface area contributed by atoms with Gasteiger partial charge in [0.1, 0.15) is 5.66 Å². The fourth-order valence-corrected chi connectivity index (χ4v) is 1.48. The van der Waals surface area contributed by atoms with Gasteiger partial charge in [0.05, 0.1) is 0 Å². The maximum Gasteiger partial charge on any atom is 0.107 e. The van der Waals surface area contributed by atoms with Gasteiger partial charge in [0, 0.05) is 25.6 Å². The Balaban J connectivity index is 2.48. The zero-order valence-corrected chi connectivity index (χ0v) is 8.84. The number of dihydropyridines is 1. The van der Waals surface area contributed by atoms with Crippen LogP contribution >= 0.6 is 0 Å². The highest BCUT2D eigenvalue weighted by atomic mass is 16.5. The molecule has 14 heavy (non-hydrogen) atoms. The molecule has 4 N–H and O–H groups in total. The van der Waals surface area contributed by atoms with Gasteiger partial charge in [-0.25, -0.2) is 0 Å². The van der Waals surface area contributed by atoms with Crippen LogP contribution in [0.2, 0.25) is 0 Å². The Bertz CT molecular complexity index is 238. The summed E-state index contributed by atoms with van der Waals surface area (Å²) in [5.41, 5.74) is 6.21. The number of ether oxygens (including phenoxy) is 1. The SMILES string of the molecule is CNC1(CCCOC)C=CC(N)=CN1. The molecule has 1 atom stereocenters. The molecule has 0 spiro atoms. The third kappa shape index (κ3) is 2.75. The number of methoxy groups -OCH3 is 1. The molecule has 1 unspecified atom stereocenters. The van der Waals surface area contributed by atoms with E-state index in [1.807, 2.05) is 19.3 Å². The number of hydrogen-bond donors (Lipinski definition) is 3. The van der Waals surface area contributed by atoms with E-state index in [4.69, 9.17) is 10.5 Å². The van der Waals surface area contributed by atoms with E-state index in [0.717, 1.165) is 25.1 Å². The van der Waals surface area contributed by atoms with Crippen molar-refractivity contribution in [1.29, 1.82) is 0 Å². The first-order chi connectivity index (χ1) is 6.72. The van der Waals surface area contributed by atoms with E-state index in [9.17, 15) is 0 Å². The summed E-state index contributed by atoms with van der Waals surface area (Å²) >= 11 is 0. The Kier molecular flexibility index (Phi) is 3.98. The van der Waals surface area contributed by atoms with Crippen molar-refractivity contribution in [3.8, 4) is 0 Å². The summed E-state index contributed by atoms with van der Waals surface area (Å²) in [6.45, 7) is 0.776. The predicted octanol–water partition coefficient (Wildman–Crippen LogP) is 0.288. The van der Waals surface area contributed by atoms with Crippen molar-refractivity contribution in [3.05, 3.63) is 24.0 Å². The largest absolute Gasteiger partial charge is 0.398 e. The molecule has 0 aromatic heterocycles. The Morgan fingerprint density at radius 2 is 2.43 bits per heavy atom. The fraction of sp³-hybridized carbons (Fsp3) is 0.600. The van der Waals surface area contributed by atoms with Gasteiger partial charge in [-0.2, -0.15) is 0 Å². The maximum absolute atomic E-state index is 5.62. The van der Waals surface area contributed by atoms with Crippen molar-refractivity contribution in [2.75, 3.05) is 20.8 Å². The summed E-state index contributed by atoms with van der Waals surface area (Å²) in [6.07, 6.45) is 7.77. The molecule has 0 amide bonds. The summed E-state index contributed by atoms with van der Waals surface area (Å²) in [5, 5.41) is 6.49. The van der Waals surface area contributed by atoms with Crippen LogP contribution in [-0.4, -0.2) is 26.4 Å². The smallest absolute Gasteiger partial charge is 0.107 e. The predicted molar refractivity (Wildman–Crippen MR) is 57.4 cm³/mol. The van der Waals surface area contributed by atoms with Crippen LogP contribution in [-0.2, 0) is 4.74 Å². The Hall–Kier alpha value is -1.00. The number of allylic oxidation sites excluding steroid dienone is 1. The van der Waals surface area contributed by atoms with E-state index in [2.05, 4.69) is 16.7 Å². The second-order valence-electron chi connectivity index (χ2n) is 3.44. The van der Waals surface area contributed by atoms with Crippen LogP contribution < -0.4 is 16.4 Å². The van der Waals surface area contributed by atoms with Crippen molar-refractivity contribution >= 4 is 0 Å². The number of rotatable bonds is 5. The lowest BCUT2D eigenvalue weighted by Crippen LogP contribution is -2.53. The van der Waals surface area contributed by atoms with Gasteiger partial charge < -0.3 is 15.8 Å². The monoisotopic (exact) mass is 197 g/mol. The second kappa shape index (κ2) is 5.02. The first kappa shape index (κ1) is 11.1. The molecule has 0 radical (unpaired) electrons. The minimum absolute atomic E-state index is 0.165. The standard InChI is InChI=1S/C10H19N3O/c1-12-10(5-3-7-14-2)6-4-9(11)8-13-10/h4,6,8,12-13H,3,5,7,11H2,1-2H3. The highest BCUT2D eigenvalue weighted by Gasteiger charge is 2.24. The molecular formula is C10H19N3O. The van der Waals surface area contributed by atoms with Gasteiger partial charge in [0.2, 0.25) is 0 Å². The van der Waals surface area contributed by atoms with Crippen LogP contribution in [0.3, 0.4) is 0 Å². The van der Waals surface area contributed by atoms with Crippen molar-refractivity contribution < 1.29 is 4.74 Å². The Morgan fingerprint density at radius 3 is 2.93 bits per heavy atom. The number of nitrogens with one attached hydrogen (secondary N) is 2. The summed E-state index contributed by atoms with van der Waals surface area (Å²) in [4.78, 5) is 0. The van der Waals surface area contributed by atoms with Crippen LogP contribution in [0.25, 0.3) is 0 Å². The van der Waals surface area contributed by atoms with E-state index in [1.54, 1.807) is 7.11 Å². The van der Waals surface area contributed by atoms with Crippen LogP contribution in [0, 0.1) is 0 Å². The second-order valence-corrected chi connectivity index (χ2v) is 3.44. The first-order valence-electron chi connectivity index (χ1n) is 4.83. The third-order valence-electron chi connectivity index (χ3n) is 2.42. The van der Waals surface area contributed by atoms with E-state index < -0.39 is 0 Å². The number of likely N-dealkylation sites (N-methyl/N-ethyl adjacent to an activating group) is 1. The first-order valence-corrected chi connectivity index (χ1v) is 4.83. The zero-order valence-electron chi connectivity index (χ0n) is 8.84. The lowest BCUT2D eigenvalue weighted by Gasteiger charge is -2.33. The normalized spacial score (nSPS) is 25.7. The van der Waals surface area contributed by atoms with Gasteiger partial charge in [-0.1, -0.05) is 0 Å². The van der Waals surface area contributed by atoms with Gasteiger partial charge in [-0.15, -0.1) is 0 Å². The van der Waals surface area contributed by atoms with E-state index in [1.165, 1.54) is 0 Å². The van der Waals surface area contributed by atoms with Crippen molar-refractivity contribution in [2.45, 2.75) is 18.5 Å². The molecule has 0 saturated carbocycles. The fourth-order valence-electron chi connectivity index (χ4n) is 1.48. The average molecular weight is 197 g/mol. The highest BCUT2D eigenvalue weighted by molar-refractivity contribution is 5.24. The molecule has 80 valence electrons. The van der Waals surface area contributed by atoms with Gasteiger partial charge in [-0.05, 0) is 32.0 Å². The molecule has 0 aliphatic carbocycles. The molecule has 1 aliphatic rings. The summed E-state index contributed by atoms with van der Waals surface area (Å²) in [6, 6.07) is 0. The lowest BCUT2D eigenvalue weighted by molar-refractivity contribution is 0.181. The molecule has 0 bridgehead atoms. The van der Waals surface area contributed by atoms with Gasteiger partial charge in [0.25, 0.3) is 0 Å². The summed E-state index contributed by atoms with van der Waals surface area (Å²) < 4.78 is 5.02. The number of nitrogens with two attached hydrogens (primary N) is 1. The molecule has 4 nitrogen and oxygen atoms in total. The van der Waals surface area contributed by atoms with Gasteiger partial charge >= 0.3 is 0 Å². The molecule has 1 aliphatic heterocycles. The molecule has 0 saturated heterocycles. The van der Waals surface area contributed by atoms with E-state index in [-0.39, 0.29) is 5.66 Å². The van der Waals surface area contributed by atoms with Crippen LogP contribution in [0.4, 0.5) is 0 Å². The number of hydrogen-bond acceptors (Lipinski definition) is 4. The van der Waals surface area contributed by atoms with Crippen molar-refractivity contribution in [3.63, 3.8) is 0 Å². The molecular weight excluding hydrogens is 178 g/mol. The topological polar surface area (TPSA) is 59.3 Å². The summed E-state index contributed by atoms with van der Waals surface area (Å²) in [7, 11) is 3.65. The highest BCUT2D eigenvalue weighted by Crippen LogP contribution is 2.15. The minimum atomic E-state index is -0.165. The Labute approximate surface area is 85.2 Å². The molecule has 0 aromatic rings. The van der Waals surface area contributed by atoms with Crippen molar-refractivity contribution in [1.82, 2.24) is 10.6 Å². The summed E-state index contributed by atoms with van der Waals surface area (Å²) in [5.74, 6) is 0. The molecule has 0 aromatic carbocycles. The van der Waals surface area contributed by atoms with E-state index in [0.29, 0.717) is 0 Å². The average Bonchev–Trinajstić information content (AvgIpc) is 2.22. The molecule has 4 heteroatoms.